The molecule has 0 radical (unpaired) electrons. The Labute approximate surface area is 135 Å². The van der Waals surface area contributed by atoms with Gasteiger partial charge in [0.05, 0.1) is 0 Å². The smallest absolute Gasteiger partial charge is 0.191 e. The van der Waals surface area contributed by atoms with Crippen LogP contribution < -0.4 is 10.6 Å². The van der Waals surface area contributed by atoms with E-state index in [1.54, 1.807) is 7.05 Å². The van der Waals surface area contributed by atoms with Crippen molar-refractivity contribution in [3.63, 3.8) is 0 Å². The molecule has 0 unspecified atom stereocenters. The molecule has 2 rings (SSSR count). The molecule has 0 saturated heterocycles. The molecule has 0 heterocycles. The lowest BCUT2D eigenvalue weighted by molar-refractivity contribution is 0.583. The molecular weight excluding hydrogens is 296 g/mol. The Balaban J connectivity index is 1.82. The van der Waals surface area contributed by atoms with Gasteiger partial charge in [0.25, 0.3) is 0 Å². The number of aryl methyl sites for hydroxylation is 1. The van der Waals surface area contributed by atoms with Gasteiger partial charge in [-0.1, -0.05) is 29.8 Å². The molecule has 0 aliphatic heterocycles. The van der Waals surface area contributed by atoms with Gasteiger partial charge < -0.3 is 10.6 Å². The second kappa shape index (κ2) is 8.27. The number of aliphatic imine (C=N–C) groups is 1. The number of hydrogen-bond acceptors (Lipinski definition) is 1. The molecule has 0 aromatic heterocycles. The van der Waals surface area contributed by atoms with Gasteiger partial charge in [-0.25, -0.2) is 8.78 Å². The zero-order valence-corrected chi connectivity index (χ0v) is 13.4. The first-order valence-corrected chi connectivity index (χ1v) is 7.52. The Morgan fingerprint density at radius 3 is 2.65 bits per heavy atom. The standard InChI is InChI=1S/C18H21F2N3/c1-13-4-3-5-14(10-13)12-23-18(21-2)22-9-8-15-11-16(19)6-7-17(15)20/h3-7,10-11H,8-9,12H2,1-2H3,(H2,21,22,23). The number of nitrogens with one attached hydrogen (secondary N) is 2. The largest absolute Gasteiger partial charge is 0.356 e. The first kappa shape index (κ1) is 16.9. The highest BCUT2D eigenvalue weighted by molar-refractivity contribution is 5.79. The van der Waals surface area contributed by atoms with E-state index in [4.69, 9.17) is 0 Å². The fourth-order valence-corrected chi connectivity index (χ4v) is 2.28. The number of guanidine groups is 1. The average molecular weight is 317 g/mol. The van der Waals surface area contributed by atoms with Crippen LogP contribution in [0.25, 0.3) is 0 Å². The molecule has 0 saturated carbocycles. The lowest BCUT2D eigenvalue weighted by Crippen LogP contribution is -2.37. The van der Waals surface area contributed by atoms with E-state index in [1.165, 1.54) is 11.6 Å². The molecule has 0 bridgehead atoms. The van der Waals surface area contributed by atoms with Crippen LogP contribution in [0.1, 0.15) is 16.7 Å². The summed E-state index contributed by atoms with van der Waals surface area (Å²) in [6, 6.07) is 11.7. The minimum atomic E-state index is -0.427. The first-order chi connectivity index (χ1) is 11.1. The zero-order chi connectivity index (χ0) is 16.7. The molecule has 23 heavy (non-hydrogen) atoms. The summed E-state index contributed by atoms with van der Waals surface area (Å²) in [7, 11) is 1.67. The van der Waals surface area contributed by atoms with Crippen molar-refractivity contribution >= 4 is 5.96 Å². The fourth-order valence-electron chi connectivity index (χ4n) is 2.28. The van der Waals surface area contributed by atoms with Crippen molar-refractivity contribution in [2.24, 2.45) is 4.99 Å². The van der Waals surface area contributed by atoms with E-state index >= 15 is 0 Å². The van der Waals surface area contributed by atoms with Gasteiger partial charge in [-0.2, -0.15) is 0 Å². The van der Waals surface area contributed by atoms with Crippen LogP contribution in [0.3, 0.4) is 0 Å². The highest BCUT2D eigenvalue weighted by Crippen LogP contribution is 2.09. The van der Waals surface area contributed by atoms with Gasteiger partial charge in [0.2, 0.25) is 0 Å². The molecule has 2 N–H and O–H groups in total. The summed E-state index contributed by atoms with van der Waals surface area (Å²) in [6.07, 6.45) is 0.384. The van der Waals surface area contributed by atoms with Crippen LogP contribution in [0.5, 0.6) is 0 Å². The summed E-state index contributed by atoms with van der Waals surface area (Å²) in [5.74, 6) is -0.192. The molecule has 0 aliphatic rings. The summed E-state index contributed by atoms with van der Waals surface area (Å²) in [4.78, 5) is 4.12. The molecule has 0 atom stereocenters. The Hall–Kier alpha value is -2.43. The summed E-state index contributed by atoms with van der Waals surface area (Å²) in [6.45, 7) is 3.16. The van der Waals surface area contributed by atoms with Gasteiger partial charge >= 0.3 is 0 Å². The van der Waals surface area contributed by atoms with Crippen molar-refractivity contribution in [1.82, 2.24) is 10.6 Å². The topological polar surface area (TPSA) is 36.4 Å². The van der Waals surface area contributed by atoms with Gasteiger partial charge in [-0.3, -0.25) is 4.99 Å². The summed E-state index contributed by atoms with van der Waals surface area (Å²) < 4.78 is 26.7. The Morgan fingerprint density at radius 2 is 1.91 bits per heavy atom. The second-order valence-corrected chi connectivity index (χ2v) is 5.33. The molecule has 122 valence electrons. The maximum atomic E-state index is 13.5. The summed E-state index contributed by atoms with van der Waals surface area (Å²) >= 11 is 0. The average Bonchev–Trinajstić information content (AvgIpc) is 2.54. The lowest BCUT2D eigenvalue weighted by Gasteiger charge is -2.12. The van der Waals surface area contributed by atoms with Gasteiger partial charge in [0.15, 0.2) is 5.96 Å². The van der Waals surface area contributed by atoms with Gasteiger partial charge in [0, 0.05) is 20.1 Å². The maximum Gasteiger partial charge on any atom is 0.191 e. The maximum absolute atomic E-state index is 13.5. The summed E-state index contributed by atoms with van der Waals surface area (Å²) in [5, 5.41) is 6.30. The zero-order valence-electron chi connectivity index (χ0n) is 13.4. The molecule has 0 amide bonds. The lowest BCUT2D eigenvalue weighted by atomic mass is 10.1. The van der Waals surface area contributed by atoms with Crippen molar-refractivity contribution in [2.45, 2.75) is 19.9 Å². The Bertz CT molecular complexity index is 684. The molecular formula is C18H21F2N3. The highest BCUT2D eigenvalue weighted by Gasteiger charge is 2.04. The van der Waals surface area contributed by atoms with Crippen molar-refractivity contribution in [3.05, 3.63) is 70.8 Å². The van der Waals surface area contributed by atoms with Crippen molar-refractivity contribution in [2.75, 3.05) is 13.6 Å². The molecule has 2 aromatic carbocycles. The predicted molar refractivity (Wildman–Crippen MR) is 89.4 cm³/mol. The van der Waals surface area contributed by atoms with E-state index < -0.39 is 11.6 Å². The van der Waals surface area contributed by atoms with Crippen LogP contribution in [0, 0.1) is 18.6 Å². The molecule has 0 spiro atoms. The highest BCUT2D eigenvalue weighted by atomic mass is 19.1. The van der Waals surface area contributed by atoms with E-state index in [9.17, 15) is 8.78 Å². The summed E-state index contributed by atoms with van der Waals surface area (Å²) in [5.41, 5.74) is 2.71. The van der Waals surface area contributed by atoms with E-state index in [-0.39, 0.29) is 0 Å². The van der Waals surface area contributed by atoms with Crippen LogP contribution in [-0.4, -0.2) is 19.6 Å². The SMILES string of the molecule is CN=C(NCCc1cc(F)ccc1F)NCc1cccc(C)c1. The quantitative estimate of drug-likeness (QED) is 0.656. The van der Waals surface area contributed by atoms with Crippen LogP contribution in [0.4, 0.5) is 8.78 Å². The van der Waals surface area contributed by atoms with Crippen LogP contribution in [0.15, 0.2) is 47.5 Å². The predicted octanol–water partition coefficient (Wildman–Crippen LogP) is 3.18. The van der Waals surface area contributed by atoms with Crippen LogP contribution in [0.2, 0.25) is 0 Å². The number of hydrogen-bond donors (Lipinski definition) is 2. The van der Waals surface area contributed by atoms with Crippen LogP contribution in [-0.2, 0) is 13.0 Å². The van der Waals surface area contributed by atoms with Gasteiger partial charge in [-0.15, -0.1) is 0 Å². The molecule has 2 aromatic rings. The van der Waals surface area contributed by atoms with E-state index in [1.807, 2.05) is 25.1 Å². The Morgan fingerprint density at radius 1 is 1.09 bits per heavy atom. The third-order valence-electron chi connectivity index (χ3n) is 3.46. The van der Waals surface area contributed by atoms with Crippen LogP contribution >= 0.6 is 0 Å². The number of rotatable bonds is 5. The molecule has 3 nitrogen and oxygen atoms in total. The van der Waals surface area contributed by atoms with Crippen molar-refractivity contribution < 1.29 is 8.78 Å². The van der Waals surface area contributed by atoms with E-state index in [0.29, 0.717) is 31.0 Å². The number of halogens is 2. The fraction of sp³-hybridized carbons (Fsp3) is 0.278. The van der Waals surface area contributed by atoms with Crippen molar-refractivity contribution in [3.8, 4) is 0 Å². The van der Waals surface area contributed by atoms with Gasteiger partial charge in [0.1, 0.15) is 11.6 Å². The molecule has 5 heteroatoms. The Kier molecular flexibility index (Phi) is 6.09. The third kappa shape index (κ3) is 5.36. The van der Waals surface area contributed by atoms with E-state index in [0.717, 1.165) is 17.7 Å². The first-order valence-electron chi connectivity index (χ1n) is 7.52. The minimum absolute atomic E-state index is 0.353. The minimum Gasteiger partial charge on any atom is -0.356 e. The second-order valence-electron chi connectivity index (χ2n) is 5.33. The number of nitrogens with zero attached hydrogens (tertiary/aromatic N) is 1. The number of benzene rings is 2. The third-order valence-corrected chi connectivity index (χ3v) is 3.46. The normalized spacial score (nSPS) is 11.4. The van der Waals surface area contributed by atoms with E-state index in [2.05, 4.69) is 21.7 Å². The molecule has 0 fully saturated rings. The van der Waals surface area contributed by atoms with Gasteiger partial charge in [-0.05, 0) is 42.7 Å². The monoisotopic (exact) mass is 317 g/mol. The molecule has 0 aliphatic carbocycles. The van der Waals surface area contributed by atoms with Crippen molar-refractivity contribution in [1.29, 1.82) is 0 Å².